The number of carbonyl (C=O) groups excluding carboxylic acids is 1. The topological polar surface area (TPSA) is 74.8 Å². The lowest BCUT2D eigenvalue weighted by Crippen LogP contribution is -2.40. The highest BCUT2D eigenvalue weighted by molar-refractivity contribution is 14.1. The highest BCUT2D eigenvalue weighted by atomic mass is 127. The van der Waals surface area contributed by atoms with Crippen LogP contribution >= 0.6 is 33.9 Å². The van der Waals surface area contributed by atoms with Crippen LogP contribution in [-0.4, -0.2) is 27.8 Å². The van der Waals surface area contributed by atoms with Gasteiger partial charge in [0.15, 0.2) is 4.80 Å². The summed E-state index contributed by atoms with van der Waals surface area (Å²) in [5.74, 6) is 0.245. The number of thiazole rings is 1. The van der Waals surface area contributed by atoms with E-state index in [9.17, 15) is 9.59 Å². The minimum absolute atomic E-state index is 0.199. The minimum Gasteiger partial charge on any atom is -0.494 e. The van der Waals surface area contributed by atoms with Gasteiger partial charge in [-0.05, 0) is 124 Å². The van der Waals surface area contributed by atoms with E-state index >= 15 is 0 Å². The molecule has 0 radical (unpaired) electrons. The van der Waals surface area contributed by atoms with Gasteiger partial charge in [-0.2, -0.15) is 0 Å². The monoisotopic (exact) mass is 695 g/mol. The van der Waals surface area contributed by atoms with Gasteiger partial charge in [0.2, 0.25) is 0 Å². The standard InChI is InChI=1S/C33H34IN3O4S/c1-8-40-26-13-10-23(11-14-26)30-29(32(39)41-18(2)3)21(6)35-33-37(30)31(38)28(42-33)16-24-15-20(5)36(22(24)7)25-12-9-19(4)27(34)17-25/h9-18,30H,8H2,1-7H3. The molecular weight excluding hydrogens is 661 g/mol. The van der Waals surface area contributed by atoms with Crippen molar-refractivity contribution in [2.45, 2.75) is 60.6 Å². The molecule has 1 aliphatic heterocycles. The summed E-state index contributed by atoms with van der Waals surface area (Å²) in [6, 6.07) is 15.3. The molecule has 7 nitrogen and oxygen atoms in total. The zero-order valence-corrected chi connectivity index (χ0v) is 27.8. The van der Waals surface area contributed by atoms with Crippen molar-refractivity contribution < 1.29 is 14.3 Å². The summed E-state index contributed by atoms with van der Waals surface area (Å²) < 4.78 is 16.8. The Morgan fingerprint density at radius 1 is 1.10 bits per heavy atom. The van der Waals surface area contributed by atoms with Gasteiger partial charge in [0.1, 0.15) is 5.75 Å². The number of aryl methyl sites for hydroxylation is 2. The fourth-order valence-electron chi connectivity index (χ4n) is 5.28. The number of ether oxygens (including phenoxy) is 2. The SMILES string of the molecule is CCOc1ccc(C2C(C(=O)OC(C)C)=C(C)N=c3sc(=Cc4cc(C)n(-c5ccc(C)c(I)c5)c4C)c(=O)n32)cc1. The molecule has 42 heavy (non-hydrogen) atoms. The van der Waals surface area contributed by atoms with E-state index in [0.29, 0.717) is 27.2 Å². The first-order valence-corrected chi connectivity index (χ1v) is 15.8. The summed E-state index contributed by atoms with van der Waals surface area (Å²) in [7, 11) is 0. The van der Waals surface area contributed by atoms with Crippen LogP contribution in [0.3, 0.4) is 0 Å². The smallest absolute Gasteiger partial charge is 0.338 e. The second kappa shape index (κ2) is 12.0. The number of rotatable bonds is 7. The lowest BCUT2D eigenvalue weighted by molar-refractivity contribution is -0.143. The van der Waals surface area contributed by atoms with Crippen molar-refractivity contribution in [2.24, 2.45) is 4.99 Å². The number of hydrogen-bond donors (Lipinski definition) is 0. The molecule has 5 rings (SSSR count). The van der Waals surface area contributed by atoms with E-state index in [2.05, 4.69) is 72.2 Å². The van der Waals surface area contributed by atoms with Crippen LogP contribution in [0.4, 0.5) is 0 Å². The van der Waals surface area contributed by atoms with E-state index in [4.69, 9.17) is 14.5 Å². The van der Waals surface area contributed by atoms with Crippen molar-refractivity contribution in [1.29, 1.82) is 0 Å². The van der Waals surface area contributed by atoms with Gasteiger partial charge in [0.05, 0.1) is 34.6 Å². The highest BCUT2D eigenvalue weighted by Crippen LogP contribution is 2.32. The van der Waals surface area contributed by atoms with E-state index in [0.717, 1.165) is 34.0 Å². The number of aromatic nitrogens is 2. The Kier molecular flexibility index (Phi) is 8.61. The maximum atomic E-state index is 14.1. The summed E-state index contributed by atoms with van der Waals surface area (Å²) in [5, 5.41) is 0. The molecule has 0 aliphatic carbocycles. The van der Waals surface area contributed by atoms with Crippen LogP contribution in [-0.2, 0) is 9.53 Å². The molecule has 2 aromatic heterocycles. The molecule has 2 aromatic carbocycles. The highest BCUT2D eigenvalue weighted by Gasteiger charge is 2.34. The lowest BCUT2D eigenvalue weighted by atomic mass is 9.96. The first-order valence-electron chi connectivity index (χ1n) is 13.9. The summed E-state index contributed by atoms with van der Waals surface area (Å²) in [4.78, 5) is 32.7. The molecule has 0 saturated carbocycles. The summed E-state index contributed by atoms with van der Waals surface area (Å²) in [6.45, 7) is 14.1. The number of carbonyl (C=O) groups is 1. The fourth-order valence-corrected chi connectivity index (χ4v) is 6.82. The Hall–Kier alpha value is -3.44. The van der Waals surface area contributed by atoms with Crippen LogP contribution in [0.5, 0.6) is 5.75 Å². The number of esters is 1. The van der Waals surface area contributed by atoms with Crippen molar-refractivity contribution in [2.75, 3.05) is 6.61 Å². The van der Waals surface area contributed by atoms with E-state index in [-0.39, 0.29) is 11.7 Å². The Balaban J connectivity index is 1.66. The molecule has 1 unspecified atom stereocenters. The molecule has 218 valence electrons. The predicted octanol–water partition coefficient (Wildman–Crippen LogP) is 5.91. The maximum Gasteiger partial charge on any atom is 0.338 e. The molecule has 9 heteroatoms. The zero-order valence-electron chi connectivity index (χ0n) is 24.8. The third-order valence-electron chi connectivity index (χ3n) is 7.26. The average molecular weight is 696 g/mol. The van der Waals surface area contributed by atoms with Crippen molar-refractivity contribution in [3.05, 3.63) is 111 Å². The third kappa shape index (κ3) is 5.64. The van der Waals surface area contributed by atoms with Gasteiger partial charge in [-0.15, -0.1) is 0 Å². The number of benzene rings is 2. The number of halogens is 1. The number of hydrogen-bond acceptors (Lipinski definition) is 6. The van der Waals surface area contributed by atoms with Crippen LogP contribution in [0.25, 0.3) is 11.8 Å². The molecule has 0 spiro atoms. The van der Waals surface area contributed by atoms with Gasteiger partial charge in [-0.25, -0.2) is 9.79 Å². The van der Waals surface area contributed by atoms with Crippen LogP contribution in [0.15, 0.2) is 69.6 Å². The third-order valence-corrected chi connectivity index (χ3v) is 9.41. The van der Waals surface area contributed by atoms with E-state index < -0.39 is 12.0 Å². The molecular formula is C33H34IN3O4S. The lowest BCUT2D eigenvalue weighted by Gasteiger charge is -2.25. The van der Waals surface area contributed by atoms with Gasteiger partial charge in [0.25, 0.3) is 5.56 Å². The largest absolute Gasteiger partial charge is 0.494 e. The van der Waals surface area contributed by atoms with Gasteiger partial charge in [-0.1, -0.05) is 29.5 Å². The average Bonchev–Trinajstić information content (AvgIpc) is 3.39. The first-order chi connectivity index (χ1) is 20.0. The molecule has 0 bridgehead atoms. The van der Waals surface area contributed by atoms with Gasteiger partial charge >= 0.3 is 5.97 Å². The summed E-state index contributed by atoms with van der Waals surface area (Å²) >= 11 is 3.69. The van der Waals surface area contributed by atoms with Crippen molar-refractivity contribution in [3.63, 3.8) is 0 Å². The van der Waals surface area contributed by atoms with Crippen molar-refractivity contribution >= 4 is 46.0 Å². The molecule has 1 aliphatic rings. The quantitative estimate of drug-likeness (QED) is 0.178. The molecule has 0 saturated heterocycles. The van der Waals surface area contributed by atoms with Crippen LogP contribution in [0.1, 0.15) is 61.8 Å². The Morgan fingerprint density at radius 2 is 1.81 bits per heavy atom. The zero-order chi connectivity index (χ0) is 30.3. The molecule has 1 atom stereocenters. The van der Waals surface area contributed by atoms with Gasteiger partial charge < -0.3 is 14.0 Å². The molecule has 0 fully saturated rings. The fraction of sp³-hybridized carbons (Fsp3) is 0.303. The predicted molar refractivity (Wildman–Crippen MR) is 175 cm³/mol. The van der Waals surface area contributed by atoms with Crippen LogP contribution in [0.2, 0.25) is 0 Å². The maximum absolute atomic E-state index is 14.1. The summed E-state index contributed by atoms with van der Waals surface area (Å²) in [5.41, 5.74) is 6.88. The normalized spacial score (nSPS) is 15.2. The van der Waals surface area contributed by atoms with E-state index in [1.54, 1.807) is 11.5 Å². The first kappa shape index (κ1) is 30.0. The van der Waals surface area contributed by atoms with Crippen molar-refractivity contribution in [1.82, 2.24) is 9.13 Å². The van der Waals surface area contributed by atoms with Gasteiger partial charge in [-0.3, -0.25) is 9.36 Å². The molecule has 3 heterocycles. The summed E-state index contributed by atoms with van der Waals surface area (Å²) in [6.07, 6.45) is 1.62. The second-order valence-corrected chi connectivity index (χ2v) is 12.8. The second-order valence-electron chi connectivity index (χ2n) is 10.6. The van der Waals surface area contributed by atoms with Crippen LogP contribution < -0.4 is 19.6 Å². The van der Waals surface area contributed by atoms with E-state index in [1.807, 2.05) is 51.1 Å². The Bertz CT molecular complexity index is 1890. The molecule has 0 amide bonds. The van der Waals surface area contributed by atoms with E-state index in [1.165, 1.54) is 20.5 Å². The molecule has 4 aromatic rings. The van der Waals surface area contributed by atoms with Crippen molar-refractivity contribution in [3.8, 4) is 11.4 Å². The number of fused-ring (bicyclic) bond motifs is 1. The van der Waals surface area contributed by atoms with Gasteiger partial charge in [0, 0.05) is 20.6 Å². The molecule has 0 N–H and O–H groups in total. The number of nitrogens with zero attached hydrogens (tertiary/aromatic N) is 3. The minimum atomic E-state index is -0.674. The number of allylic oxidation sites excluding steroid dienone is 1. The van der Waals surface area contributed by atoms with Crippen LogP contribution in [0, 0.1) is 24.3 Å². The Labute approximate surface area is 263 Å². The Morgan fingerprint density at radius 3 is 2.45 bits per heavy atom.